The van der Waals surface area contributed by atoms with E-state index in [-0.39, 0.29) is 17.0 Å². The summed E-state index contributed by atoms with van der Waals surface area (Å²) >= 11 is 25.3. The fourth-order valence-electron chi connectivity index (χ4n) is 2.63. The van der Waals surface area contributed by atoms with Crippen LogP contribution in [-0.2, 0) is 0 Å². The van der Waals surface area contributed by atoms with Crippen molar-refractivity contribution in [1.29, 1.82) is 0 Å². The first kappa shape index (κ1) is 30.4. The van der Waals surface area contributed by atoms with Crippen LogP contribution in [-0.4, -0.2) is 27.4 Å². The first-order valence-electron chi connectivity index (χ1n) is 9.78. The molecule has 0 saturated carbocycles. The topological polar surface area (TPSA) is 80.9 Å². The summed E-state index contributed by atoms with van der Waals surface area (Å²) in [5.74, 6) is -1.43. The van der Waals surface area contributed by atoms with Crippen LogP contribution in [0.2, 0.25) is 20.1 Å². The highest BCUT2D eigenvalue weighted by molar-refractivity contribution is 14.1. The number of rotatable bonds is 2. The molecule has 0 heterocycles. The quantitative estimate of drug-likeness (QED) is 0.101. The number of hydrogen-bond donors (Lipinski definition) is 4. The van der Waals surface area contributed by atoms with E-state index in [0.29, 0.717) is 21.2 Å². The van der Waals surface area contributed by atoms with Crippen LogP contribution in [0.4, 0.5) is 8.78 Å². The van der Waals surface area contributed by atoms with E-state index in [1.165, 1.54) is 18.2 Å². The van der Waals surface area contributed by atoms with Crippen molar-refractivity contribution >= 4 is 81.6 Å². The molecule has 4 aromatic carbocycles. The number of phenolic OH excluding ortho intramolecular Hbond substituents is 2. The van der Waals surface area contributed by atoms with Crippen molar-refractivity contribution in [3.63, 3.8) is 0 Å². The highest BCUT2D eigenvalue weighted by Crippen LogP contribution is 2.36. The zero-order valence-electron chi connectivity index (χ0n) is 17.9. The van der Waals surface area contributed by atoms with E-state index in [1.54, 1.807) is 30.3 Å². The molecule has 0 aromatic heterocycles. The third-order valence-corrected chi connectivity index (χ3v) is 6.67. The second-order valence-electron chi connectivity index (χ2n) is 6.92. The van der Waals surface area contributed by atoms with Gasteiger partial charge in [-0.3, -0.25) is 0 Å². The Morgan fingerprint density at radius 3 is 1.67 bits per heavy atom. The molecule has 0 saturated heterocycles. The normalized spacial score (nSPS) is 10.0. The Balaban J connectivity index is 0.000000200. The molecule has 0 aliphatic heterocycles. The van der Waals surface area contributed by atoms with Crippen LogP contribution in [0.3, 0.4) is 0 Å². The van der Waals surface area contributed by atoms with Crippen molar-refractivity contribution in [2.45, 2.75) is 0 Å². The maximum absolute atomic E-state index is 13.1. The second kappa shape index (κ2) is 14.2. The maximum Gasteiger partial charge on any atom is 0.492 e. The predicted octanol–water partition coefficient (Wildman–Crippen LogP) is 7.31. The van der Waals surface area contributed by atoms with Crippen molar-refractivity contribution in [3.05, 3.63) is 108 Å². The molecule has 4 aromatic rings. The van der Waals surface area contributed by atoms with Gasteiger partial charge in [0.05, 0.1) is 5.02 Å². The molecule has 4 nitrogen and oxygen atoms in total. The number of aromatic hydroxyl groups is 2. The minimum Gasteiger partial charge on any atom is -0.508 e. The van der Waals surface area contributed by atoms with E-state index in [0.717, 1.165) is 31.8 Å². The zero-order valence-corrected chi connectivity index (χ0v) is 23.1. The lowest BCUT2D eigenvalue weighted by molar-refractivity contribution is 0.418. The molecule has 0 atom stereocenters. The number of phenols is 2. The van der Waals surface area contributed by atoms with Gasteiger partial charge >= 0.3 is 7.12 Å². The Bertz CT molecular complexity index is 1300. The minimum atomic E-state index is -1.84. The fraction of sp³-hybridized carbons (Fsp3) is 0. The monoisotopic (exact) mass is 684 g/mol. The van der Waals surface area contributed by atoms with Crippen LogP contribution in [0.15, 0.2) is 72.8 Å². The van der Waals surface area contributed by atoms with Crippen molar-refractivity contribution in [2.24, 2.45) is 0 Å². The van der Waals surface area contributed by atoms with Gasteiger partial charge < -0.3 is 20.3 Å². The molecule has 0 aliphatic rings. The Hall–Kier alpha value is -1.79. The minimum absolute atomic E-state index is 0.0365. The molecule has 188 valence electrons. The van der Waals surface area contributed by atoms with Crippen LogP contribution in [0.5, 0.6) is 11.5 Å². The van der Waals surface area contributed by atoms with Gasteiger partial charge in [0.1, 0.15) is 23.1 Å². The van der Waals surface area contributed by atoms with Gasteiger partial charge in [-0.15, -0.1) is 0 Å². The summed E-state index contributed by atoms with van der Waals surface area (Å²) in [4.78, 5) is 0. The van der Waals surface area contributed by atoms with E-state index in [2.05, 4.69) is 22.6 Å². The van der Waals surface area contributed by atoms with Gasteiger partial charge in [-0.25, -0.2) is 8.78 Å². The highest BCUT2D eigenvalue weighted by atomic mass is 127. The van der Waals surface area contributed by atoms with E-state index >= 15 is 0 Å². The maximum atomic E-state index is 13.1. The van der Waals surface area contributed by atoms with Gasteiger partial charge in [0, 0.05) is 35.2 Å². The summed E-state index contributed by atoms with van der Waals surface area (Å²) in [6.45, 7) is 0. The molecule has 36 heavy (non-hydrogen) atoms. The molecule has 4 rings (SSSR count). The molecule has 0 amide bonds. The predicted molar refractivity (Wildman–Crippen MR) is 151 cm³/mol. The molecule has 4 N–H and O–H groups in total. The fourth-order valence-corrected chi connectivity index (χ4v) is 4.01. The zero-order chi connectivity index (χ0) is 27.0. The molecule has 0 bridgehead atoms. The standard InChI is InChI=1S/C12H7Cl2FO.C6H6BFO3.C6H3Cl2I/c13-7-1-3-11(14)9(5-7)10-6-8(15)2-4-12(10)16;8-4-1-2-6(9)5(3-4)7(10)11;7-4-1-2-5(8)6(9)3-4/h1-6,16H;1-3,9-11H;1-3H. The smallest absolute Gasteiger partial charge is 0.492 e. The summed E-state index contributed by atoms with van der Waals surface area (Å²) < 4.78 is 26.4. The summed E-state index contributed by atoms with van der Waals surface area (Å²) in [5, 5.41) is 38.0. The summed E-state index contributed by atoms with van der Waals surface area (Å²) in [6, 6.07) is 16.8. The molecule has 0 radical (unpaired) electrons. The Kier molecular flexibility index (Phi) is 12.0. The Morgan fingerprint density at radius 1 is 0.611 bits per heavy atom. The Labute approximate surface area is 239 Å². The number of halogens is 7. The Morgan fingerprint density at radius 2 is 1.14 bits per heavy atom. The lowest BCUT2D eigenvalue weighted by Gasteiger charge is -2.07. The van der Waals surface area contributed by atoms with Gasteiger partial charge in [-0.1, -0.05) is 46.4 Å². The van der Waals surface area contributed by atoms with Crippen LogP contribution in [0.1, 0.15) is 0 Å². The van der Waals surface area contributed by atoms with Crippen molar-refractivity contribution in [2.75, 3.05) is 0 Å². The van der Waals surface area contributed by atoms with E-state index in [4.69, 9.17) is 61.6 Å². The van der Waals surface area contributed by atoms with E-state index in [9.17, 15) is 13.9 Å². The highest BCUT2D eigenvalue weighted by Gasteiger charge is 2.16. The first-order valence-corrected chi connectivity index (χ1v) is 12.4. The average Bonchev–Trinajstić information content (AvgIpc) is 2.82. The summed E-state index contributed by atoms with van der Waals surface area (Å²) in [5.41, 5.74) is 0.601. The molecule has 12 heteroatoms. The van der Waals surface area contributed by atoms with Gasteiger partial charge in [-0.05, 0) is 95.4 Å². The van der Waals surface area contributed by atoms with Crippen LogP contribution >= 0.6 is 69.0 Å². The lowest BCUT2D eigenvalue weighted by atomic mass is 9.79. The van der Waals surface area contributed by atoms with Gasteiger partial charge in [-0.2, -0.15) is 0 Å². The lowest BCUT2D eigenvalue weighted by Crippen LogP contribution is -2.30. The molecular weight excluding hydrogens is 670 g/mol. The summed E-state index contributed by atoms with van der Waals surface area (Å²) in [7, 11) is -1.84. The van der Waals surface area contributed by atoms with Crippen LogP contribution < -0.4 is 5.46 Å². The van der Waals surface area contributed by atoms with Gasteiger partial charge in [0.2, 0.25) is 0 Å². The average molecular weight is 686 g/mol. The molecule has 0 fully saturated rings. The number of benzene rings is 4. The second-order valence-corrected chi connectivity index (χ2v) is 9.77. The molecule has 0 unspecified atom stereocenters. The van der Waals surface area contributed by atoms with Gasteiger partial charge in [0.15, 0.2) is 0 Å². The van der Waals surface area contributed by atoms with Crippen molar-refractivity contribution in [3.8, 4) is 22.6 Å². The van der Waals surface area contributed by atoms with Crippen molar-refractivity contribution in [1.82, 2.24) is 0 Å². The third-order valence-electron chi connectivity index (χ3n) is 4.33. The largest absolute Gasteiger partial charge is 0.508 e. The third kappa shape index (κ3) is 9.26. The first-order chi connectivity index (χ1) is 16.9. The van der Waals surface area contributed by atoms with E-state index < -0.39 is 18.8 Å². The molecular formula is C24H16BCl4F2IO4. The summed E-state index contributed by atoms with van der Waals surface area (Å²) in [6.07, 6.45) is 0. The van der Waals surface area contributed by atoms with Crippen LogP contribution in [0, 0.1) is 15.2 Å². The SMILES string of the molecule is Clc1ccc(Cl)c(I)c1.OB(O)c1cc(F)ccc1O.Oc1ccc(F)cc1-c1cc(Cl)ccc1Cl. The number of hydrogen-bond acceptors (Lipinski definition) is 4. The molecule has 0 aliphatic carbocycles. The van der Waals surface area contributed by atoms with Crippen molar-refractivity contribution < 1.29 is 29.0 Å². The van der Waals surface area contributed by atoms with Gasteiger partial charge in [0.25, 0.3) is 0 Å². The van der Waals surface area contributed by atoms with E-state index in [1.807, 2.05) is 6.07 Å². The molecule has 0 spiro atoms. The van der Waals surface area contributed by atoms with Crippen LogP contribution in [0.25, 0.3) is 11.1 Å².